The lowest BCUT2D eigenvalue weighted by Gasteiger charge is -2.38. The zero-order valence-corrected chi connectivity index (χ0v) is 10.9. The summed E-state index contributed by atoms with van der Waals surface area (Å²) in [7, 11) is 0. The van der Waals surface area contributed by atoms with Gasteiger partial charge in [-0.25, -0.2) is 0 Å². The van der Waals surface area contributed by atoms with E-state index in [1.54, 1.807) is 6.20 Å². The summed E-state index contributed by atoms with van der Waals surface area (Å²) in [6.07, 6.45) is 3.60. The molecule has 1 aromatic carbocycles. The van der Waals surface area contributed by atoms with Crippen molar-refractivity contribution in [2.75, 3.05) is 0 Å². The van der Waals surface area contributed by atoms with Gasteiger partial charge in [-0.2, -0.15) is 0 Å². The van der Waals surface area contributed by atoms with Crippen LogP contribution in [0, 0.1) is 5.41 Å². The maximum atomic E-state index is 10.8. The molecule has 2 rings (SSSR count). The van der Waals surface area contributed by atoms with Crippen molar-refractivity contribution in [3.8, 4) is 0 Å². The minimum Gasteiger partial charge on any atom is -0.385 e. The molecule has 90 valence electrons. The van der Waals surface area contributed by atoms with E-state index in [-0.39, 0.29) is 5.41 Å². The fourth-order valence-electron chi connectivity index (χ4n) is 1.95. The fourth-order valence-corrected chi connectivity index (χ4v) is 1.95. The van der Waals surface area contributed by atoms with Gasteiger partial charge in [-0.1, -0.05) is 39.0 Å². The van der Waals surface area contributed by atoms with Gasteiger partial charge in [0.15, 0.2) is 0 Å². The number of hydrogen-bond donors (Lipinski definition) is 1. The molecule has 0 aliphatic rings. The van der Waals surface area contributed by atoms with E-state index in [1.807, 2.05) is 58.2 Å². The molecule has 2 aromatic rings. The molecule has 2 heteroatoms. The Labute approximate surface area is 102 Å². The van der Waals surface area contributed by atoms with Crippen LogP contribution in [0.5, 0.6) is 0 Å². The highest BCUT2D eigenvalue weighted by molar-refractivity contribution is 5.85. The molecule has 0 amide bonds. The van der Waals surface area contributed by atoms with Crippen LogP contribution in [0.25, 0.3) is 10.8 Å². The van der Waals surface area contributed by atoms with E-state index in [0.29, 0.717) is 0 Å². The largest absolute Gasteiger partial charge is 0.385 e. The molecular weight excluding hydrogens is 210 g/mol. The second-order valence-corrected chi connectivity index (χ2v) is 5.72. The molecule has 0 saturated carbocycles. The molecule has 0 saturated heterocycles. The summed E-state index contributed by atoms with van der Waals surface area (Å²) in [5.74, 6) is 0. The van der Waals surface area contributed by atoms with Crippen LogP contribution in [0.1, 0.15) is 33.3 Å². The van der Waals surface area contributed by atoms with Gasteiger partial charge in [0.2, 0.25) is 0 Å². The van der Waals surface area contributed by atoms with Crippen LogP contribution in [-0.2, 0) is 5.60 Å². The molecule has 0 fully saturated rings. The van der Waals surface area contributed by atoms with Crippen LogP contribution in [0.2, 0.25) is 0 Å². The zero-order valence-electron chi connectivity index (χ0n) is 10.9. The average molecular weight is 229 g/mol. The van der Waals surface area contributed by atoms with Crippen LogP contribution < -0.4 is 0 Å². The second kappa shape index (κ2) is 3.81. The lowest BCUT2D eigenvalue weighted by molar-refractivity contribution is -0.0457. The van der Waals surface area contributed by atoms with Crippen molar-refractivity contribution in [1.82, 2.24) is 4.98 Å². The van der Waals surface area contributed by atoms with Crippen molar-refractivity contribution in [3.05, 3.63) is 42.2 Å². The summed E-state index contributed by atoms with van der Waals surface area (Å²) in [5.41, 5.74) is -0.122. The minimum atomic E-state index is -0.867. The van der Waals surface area contributed by atoms with Gasteiger partial charge < -0.3 is 5.11 Å². The van der Waals surface area contributed by atoms with Crippen molar-refractivity contribution in [2.24, 2.45) is 5.41 Å². The number of fused-ring (bicyclic) bond motifs is 1. The smallest absolute Gasteiger partial charge is 0.0922 e. The number of nitrogens with zero attached hydrogens (tertiary/aromatic N) is 1. The molecule has 17 heavy (non-hydrogen) atoms. The second-order valence-electron chi connectivity index (χ2n) is 5.72. The van der Waals surface area contributed by atoms with Gasteiger partial charge in [0.05, 0.1) is 5.60 Å². The van der Waals surface area contributed by atoms with Crippen molar-refractivity contribution in [2.45, 2.75) is 33.3 Å². The van der Waals surface area contributed by atoms with E-state index >= 15 is 0 Å². The minimum absolute atomic E-state index is 0.218. The summed E-state index contributed by atoms with van der Waals surface area (Å²) in [6, 6.07) is 7.95. The highest BCUT2D eigenvalue weighted by Gasteiger charge is 2.37. The van der Waals surface area contributed by atoms with E-state index < -0.39 is 5.60 Å². The number of aromatic nitrogens is 1. The Hall–Kier alpha value is -1.41. The van der Waals surface area contributed by atoms with Crippen molar-refractivity contribution in [1.29, 1.82) is 0 Å². The Balaban J connectivity index is 2.72. The predicted molar refractivity (Wildman–Crippen MR) is 70.8 cm³/mol. The summed E-state index contributed by atoms with van der Waals surface area (Å²) >= 11 is 0. The normalized spacial score (nSPS) is 15.8. The molecule has 1 aromatic heterocycles. The first-order valence-electron chi connectivity index (χ1n) is 5.89. The van der Waals surface area contributed by atoms with Gasteiger partial charge in [0.1, 0.15) is 0 Å². The molecule has 1 N–H and O–H groups in total. The molecule has 0 aliphatic carbocycles. The van der Waals surface area contributed by atoms with Gasteiger partial charge in [0.25, 0.3) is 0 Å². The Kier molecular flexibility index (Phi) is 2.70. The third kappa shape index (κ3) is 1.93. The van der Waals surface area contributed by atoms with Crippen molar-refractivity contribution >= 4 is 10.8 Å². The Morgan fingerprint density at radius 1 is 1.06 bits per heavy atom. The number of aliphatic hydroxyl groups is 1. The van der Waals surface area contributed by atoms with E-state index in [4.69, 9.17) is 0 Å². The zero-order chi connectivity index (χ0) is 12.7. The number of pyridine rings is 1. The maximum Gasteiger partial charge on any atom is 0.0922 e. The molecule has 0 spiro atoms. The van der Waals surface area contributed by atoms with Gasteiger partial charge >= 0.3 is 0 Å². The summed E-state index contributed by atoms with van der Waals surface area (Å²) in [5, 5.41) is 12.9. The lowest BCUT2D eigenvalue weighted by atomic mass is 9.72. The Morgan fingerprint density at radius 3 is 2.41 bits per heavy atom. The summed E-state index contributed by atoms with van der Waals surface area (Å²) < 4.78 is 0. The predicted octanol–water partition coefficient (Wildman–Crippen LogP) is 3.49. The first-order valence-corrected chi connectivity index (χ1v) is 5.89. The van der Waals surface area contributed by atoms with E-state index in [2.05, 4.69) is 4.98 Å². The third-order valence-electron chi connectivity index (χ3n) is 3.67. The molecule has 0 radical (unpaired) electrons. The average Bonchev–Trinajstić information content (AvgIpc) is 2.26. The fraction of sp³-hybridized carbons (Fsp3) is 0.400. The molecule has 1 heterocycles. The standard InChI is InChI=1S/C15H19NO/c1-14(2,3)15(4,17)13-7-5-6-11-10-16-9-8-12(11)13/h5-10,17H,1-4H3. The van der Waals surface area contributed by atoms with Gasteiger partial charge in [-0.15, -0.1) is 0 Å². The monoisotopic (exact) mass is 229 g/mol. The van der Waals surface area contributed by atoms with Crippen LogP contribution >= 0.6 is 0 Å². The Morgan fingerprint density at radius 2 is 1.76 bits per heavy atom. The van der Waals surface area contributed by atoms with Crippen LogP contribution in [0.4, 0.5) is 0 Å². The third-order valence-corrected chi connectivity index (χ3v) is 3.67. The molecule has 0 aliphatic heterocycles. The lowest BCUT2D eigenvalue weighted by Crippen LogP contribution is -2.37. The quantitative estimate of drug-likeness (QED) is 0.812. The van der Waals surface area contributed by atoms with Crippen LogP contribution in [0.15, 0.2) is 36.7 Å². The van der Waals surface area contributed by atoms with Gasteiger partial charge in [-0.05, 0) is 29.4 Å². The molecule has 2 nitrogen and oxygen atoms in total. The first-order chi connectivity index (χ1) is 7.84. The van der Waals surface area contributed by atoms with E-state index in [9.17, 15) is 5.11 Å². The van der Waals surface area contributed by atoms with Gasteiger partial charge in [-0.3, -0.25) is 4.98 Å². The Bertz CT molecular complexity index is 533. The van der Waals surface area contributed by atoms with Crippen molar-refractivity contribution in [3.63, 3.8) is 0 Å². The van der Waals surface area contributed by atoms with Crippen molar-refractivity contribution < 1.29 is 5.11 Å². The summed E-state index contributed by atoms with van der Waals surface area (Å²) in [4.78, 5) is 4.12. The molecule has 1 unspecified atom stereocenters. The number of hydrogen-bond acceptors (Lipinski definition) is 2. The van der Waals surface area contributed by atoms with Crippen LogP contribution in [-0.4, -0.2) is 10.1 Å². The molecular formula is C15H19NO. The van der Waals surface area contributed by atoms with E-state index in [0.717, 1.165) is 16.3 Å². The highest BCUT2D eigenvalue weighted by atomic mass is 16.3. The van der Waals surface area contributed by atoms with E-state index in [1.165, 1.54) is 0 Å². The highest BCUT2D eigenvalue weighted by Crippen LogP contribution is 2.41. The topological polar surface area (TPSA) is 33.1 Å². The number of rotatable bonds is 1. The van der Waals surface area contributed by atoms with Gasteiger partial charge in [0, 0.05) is 17.8 Å². The molecule has 0 bridgehead atoms. The maximum absolute atomic E-state index is 10.8. The first kappa shape index (κ1) is 12.1. The molecule has 1 atom stereocenters. The SMILES string of the molecule is CC(C)(C)C(C)(O)c1cccc2cnccc12. The van der Waals surface area contributed by atoms with Crippen LogP contribution in [0.3, 0.4) is 0 Å². The summed E-state index contributed by atoms with van der Waals surface area (Å²) in [6.45, 7) is 8.02. The number of benzene rings is 1.